The molecular formula is C28H30N4O4. The lowest BCUT2D eigenvalue weighted by Crippen LogP contribution is -2.36. The lowest BCUT2D eigenvalue weighted by Gasteiger charge is -2.28. The summed E-state index contributed by atoms with van der Waals surface area (Å²) in [5, 5.41) is 5.67. The van der Waals surface area contributed by atoms with Gasteiger partial charge in [-0.2, -0.15) is 0 Å². The third-order valence-corrected chi connectivity index (χ3v) is 5.84. The molecule has 0 aromatic heterocycles. The molecule has 0 bridgehead atoms. The summed E-state index contributed by atoms with van der Waals surface area (Å²) in [5.41, 5.74) is 3.19. The van der Waals surface area contributed by atoms with Crippen LogP contribution >= 0.6 is 0 Å². The van der Waals surface area contributed by atoms with Crippen molar-refractivity contribution in [2.75, 3.05) is 62.0 Å². The second kappa shape index (κ2) is 12.1. The number of para-hydroxylation sites is 1. The van der Waals surface area contributed by atoms with Crippen LogP contribution in [-0.4, -0.2) is 68.9 Å². The molecule has 36 heavy (non-hydrogen) atoms. The van der Waals surface area contributed by atoms with E-state index in [1.54, 1.807) is 60.5 Å². The average molecular weight is 487 g/mol. The van der Waals surface area contributed by atoms with Gasteiger partial charge in [0.1, 0.15) is 0 Å². The van der Waals surface area contributed by atoms with Crippen LogP contribution in [0.1, 0.15) is 15.9 Å². The number of carbonyl (C=O) groups excluding carboxylic acids is 3. The van der Waals surface area contributed by atoms with Crippen molar-refractivity contribution < 1.29 is 19.1 Å². The third kappa shape index (κ3) is 6.78. The number of anilines is 3. The van der Waals surface area contributed by atoms with E-state index in [1.165, 1.54) is 0 Å². The molecule has 0 unspecified atom stereocenters. The van der Waals surface area contributed by atoms with E-state index in [0.29, 0.717) is 35.7 Å². The number of carbonyl (C=O) groups is 3. The molecule has 186 valence electrons. The van der Waals surface area contributed by atoms with E-state index in [-0.39, 0.29) is 30.7 Å². The zero-order valence-electron chi connectivity index (χ0n) is 20.3. The highest BCUT2D eigenvalue weighted by molar-refractivity contribution is 6.13. The predicted molar refractivity (Wildman–Crippen MR) is 141 cm³/mol. The summed E-state index contributed by atoms with van der Waals surface area (Å²) in [6.45, 7) is 3.17. The van der Waals surface area contributed by atoms with Gasteiger partial charge >= 0.3 is 0 Å². The van der Waals surface area contributed by atoms with E-state index in [0.717, 1.165) is 18.8 Å². The maximum absolute atomic E-state index is 12.9. The minimum atomic E-state index is -0.312. The highest BCUT2D eigenvalue weighted by atomic mass is 16.5. The van der Waals surface area contributed by atoms with Crippen molar-refractivity contribution >= 4 is 34.7 Å². The van der Waals surface area contributed by atoms with E-state index in [1.807, 2.05) is 30.3 Å². The molecule has 1 heterocycles. The first-order valence-electron chi connectivity index (χ1n) is 11.9. The lowest BCUT2D eigenvalue weighted by molar-refractivity contribution is -0.119. The fraction of sp³-hybridized carbons (Fsp3) is 0.250. The molecule has 2 amide bonds. The smallest absolute Gasteiger partial charge is 0.238 e. The standard InChI is InChI=1S/C28H30N4O4/c1-31(19-26(33)29-22-11-13-23(14-12-22)32-15-17-36-18-16-32)20-27(34)30-25-10-6-5-9-24(25)28(35)21-7-3-2-4-8-21/h2-14H,15-20H2,1H3,(H,29,33)(H,30,34). The van der Waals surface area contributed by atoms with Crippen LogP contribution in [0.4, 0.5) is 17.1 Å². The number of nitrogens with zero attached hydrogens (tertiary/aromatic N) is 2. The molecule has 3 aromatic carbocycles. The molecule has 1 aliphatic rings. The molecule has 0 saturated carbocycles. The Morgan fingerprint density at radius 2 is 1.42 bits per heavy atom. The molecule has 8 heteroatoms. The van der Waals surface area contributed by atoms with Crippen LogP contribution < -0.4 is 15.5 Å². The van der Waals surface area contributed by atoms with Gasteiger partial charge in [-0.25, -0.2) is 0 Å². The fourth-order valence-corrected chi connectivity index (χ4v) is 4.05. The Morgan fingerprint density at radius 1 is 0.806 bits per heavy atom. The van der Waals surface area contributed by atoms with Gasteiger partial charge in [-0.05, 0) is 43.4 Å². The summed E-state index contributed by atoms with van der Waals surface area (Å²) in [6, 6.07) is 23.5. The van der Waals surface area contributed by atoms with Crippen molar-refractivity contribution in [1.29, 1.82) is 0 Å². The molecule has 4 rings (SSSR count). The van der Waals surface area contributed by atoms with Crippen molar-refractivity contribution in [3.8, 4) is 0 Å². The van der Waals surface area contributed by atoms with Gasteiger partial charge in [-0.3, -0.25) is 19.3 Å². The molecule has 3 aromatic rings. The van der Waals surface area contributed by atoms with Crippen molar-refractivity contribution in [1.82, 2.24) is 4.90 Å². The second-order valence-electron chi connectivity index (χ2n) is 8.66. The number of ether oxygens (including phenoxy) is 1. The predicted octanol–water partition coefficient (Wildman–Crippen LogP) is 3.26. The molecular weight excluding hydrogens is 456 g/mol. The Kier molecular flexibility index (Phi) is 8.44. The maximum atomic E-state index is 12.9. The molecule has 2 N–H and O–H groups in total. The van der Waals surface area contributed by atoms with Crippen LogP contribution in [0.3, 0.4) is 0 Å². The number of hydrogen-bond acceptors (Lipinski definition) is 6. The van der Waals surface area contributed by atoms with Crippen LogP contribution in [0.25, 0.3) is 0 Å². The first kappa shape index (κ1) is 25.1. The molecule has 0 spiro atoms. The van der Waals surface area contributed by atoms with E-state index in [2.05, 4.69) is 15.5 Å². The molecule has 1 fully saturated rings. The van der Waals surface area contributed by atoms with Gasteiger partial charge in [0.15, 0.2) is 5.78 Å². The highest BCUT2D eigenvalue weighted by Gasteiger charge is 2.17. The quantitative estimate of drug-likeness (QED) is 0.451. The monoisotopic (exact) mass is 486 g/mol. The molecule has 0 aliphatic carbocycles. The second-order valence-corrected chi connectivity index (χ2v) is 8.66. The van der Waals surface area contributed by atoms with E-state index in [4.69, 9.17) is 4.74 Å². The summed E-state index contributed by atoms with van der Waals surface area (Å²) in [7, 11) is 1.70. The van der Waals surface area contributed by atoms with Crippen LogP contribution in [0.2, 0.25) is 0 Å². The number of likely N-dealkylation sites (N-methyl/N-ethyl adjacent to an activating group) is 1. The summed E-state index contributed by atoms with van der Waals surface area (Å²) >= 11 is 0. The molecule has 1 saturated heterocycles. The number of rotatable bonds is 9. The third-order valence-electron chi connectivity index (χ3n) is 5.84. The number of hydrogen-bond donors (Lipinski definition) is 2. The van der Waals surface area contributed by atoms with Gasteiger partial charge in [0, 0.05) is 35.6 Å². The van der Waals surface area contributed by atoms with E-state index < -0.39 is 0 Å². The Labute approximate surface area is 210 Å². The molecule has 1 aliphatic heterocycles. The largest absolute Gasteiger partial charge is 0.378 e. The van der Waals surface area contributed by atoms with E-state index >= 15 is 0 Å². The molecule has 0 atom stereocenters. The van der Waals surface area contributed by atoms with Gasteiger partial charge in [0.2, 0.25) is 11.8 Å². The van der Waals surface area contributed by atoms with Gasteiger partial charge in [-0.1, -0.05) is 42.5 Å². The molecule has 8 nitrogen and oxygen atoms in total. The fourth-order valence-electron chi connectivity index (χ4n) is 4.05. The average Bonchev–Trinajstić information content (AvgIpc) is 2.90. The lowest BCUT2D eigenvalue weighted by atomic mass is 10.0. The Balaban J connectivity index is 1.28. The van der Waals surface area contributed by atoms with Gasteiger partial charge in [-0.15, -0.1) is 0 Å². The number of ketones is 1. The summed E-state index contributed by atoms with van der Waals surface area (Å²) in [4.78, 5) is 41.9. The summed E-state index contributed by atoms with van der Waals surface area (Å²) < 4.78 is 5.38. The summed E-state index contributed by atoms with van der Waals surface area (Å²) in [6.07, 6.45) is 0. The number of nitrogens with one attached hydrogen (secondary N) is 2. The minimum absolute atomic E-state index is 0.00273. The van der Waals surface area contributed by atoms with Crippen molar-refractivity contribution in [3.63, 3.8) is 0 Å². The number of benzene rings is 3. The normalized spacial score (nSPS) is 13.3. The minimum Gasteiger partial charge on any atom is -0.378 e. The maximum Gasteiger partial charge on any atom is 0.238 e. The Bertz CT molecular complexity index is 1190. The zero-order chi connectivity index (χ0) is 25.3. The van der Waals surface area contributed by atoms with Gasteiger partial charge in [0.25, 0.3) is 0 Å². The van der Waals surface area contributed by atoms with Crippen LogP contribution in [0.15, 0.2) is 78.9 Å². The van der Waals surface area contributed by atoms with Crippen LogP contribution in [0.5, 0.6) is 0 Å². The molecule has 0 radical (unpaired) electrons. The van der Waals surface area contributed by atoms with Crippen molar-refractivity contribution in [2.45, 2.75) is 0 Å². The topological polar surface area (TPSA) is 91.0 Å². The zero-order valence-corrected chi connectivity index (χ0v) is 20.3. The van der Waals surface area contributed by atoms with Crippen molar-refractivity contribution in [3.05, 3.63) is 90.0 Å². The summed E-state index contributed by atoms with van der Waals surface area (Å²) in [5.74, 6) is -0.698. The Hall–Kier alpha value is -4.01. The first-order valence-corrected chi connectivity index (χ1v) is 11.9. The Morgan fingerprint density at radius 3 is 2.11 bits per heavy atom. The van der Waals surface area contributed by atoms with Gasteiger partial charge in [0.05, 0.1) is 32.0 Å². The first-order chi connectivity index (χ1) is 17.5. The highest BCUT2D eigenvalue weighted by Crippen LogP contribution is 2.20. The SMILES string of the molecule is CN(CC(=O)Nc1ccc(N2CCOCC2)cc1)CC(=O)Nc1ccccc1C(=O)c1ccccc1. The number of morpholine rings is 1. The van der Waals surface area contributed by atoms with Crippen LogP contribution in [-0.2, 0) is 14.3 Å². The van der Waals surface area contributed by atoms with E-state index in [9.17, 15) is 14.4 Å². The number of amides is 2. The van der Waals surface area contributed by atoms with Crippen LogP contribution in [0, 0.1) is 0 Å². The van der Waals surface area contributed by atoms with Gasteiger partial charge < -0.3 is 20.3 Å². The van der Waals surface area contributed by atoms with Crippen molar-refractivity contribution in [2.24, 2.45) is 0 Å².